The summed E-state index contributed by atoms with van der Waals surface area (Å²) < 4.78 is 1.57. The van der Waals surface area contributed by atoms with E-state index in [-0.39, 0.29) is 11.5 Å². The maximum absolute atomic E-state index is 11.8. The zero-order valence-corrected chi connectivity index (χ0v) is 9.62. The molecule has 1 aromatic heterocycles. The van der Waals surface area contributed by atoms with Crippen LogP contribution < -0.4 is 5.32 Å². The van der Waals surface area contributed by atoms with Crippen molar-refractivity contribution in [3.8, 4) is 0 Å². The van der Waals surface area contributed by atoms with E-state index in [1.165, 1.54) is 30.5 Å². The van der Waals surface area contributed by atoms with Crippen LogP contribution in [0.5, 0.6) is 0 Å². The van der Waals surface area contributed by atoms with Crippen molar-refractivity contribution in [2.24, 2.45) is 7.05 Å². The summed E-state index contributed by atoms with van der Waals surface area (Å²) in [5.41, 5.74) is 1.13. The SMILES string of the molecule is Cn1cc(NC(=O)c2ccc(C(=O)O)cc2)cn1. The van der Waals surface area contributed by atoms with Crippen LogP contribution in [-0.4, -0.2) is 26.8 Å². The zero-order chi connectivity index (χ0) is 13.1. The molecule has 6 nitrogen and oxygen atoms in total. The number of carbonyl (C=O) groups is 2. The fourth-order valence-electron chi connectivity index (χ4n) is 1.45. The Bertz CT molecular complexity index is 587. The van der Waals surface area contributed by atoms with E-state index in [0.717, 1.165) is 0 Å². The molecule has 0 saturated heterocycles. The Hall–Kier alpha value is -2.63. The first kappa shape index (κ1) is 11.8. The van der Waals surface area contributed by atoms with Gasteiger partial charge in [-0.2, -0.15) is 5.10 Å². The molecule has 0 fully saturated rings. The third kappa shape index (κ3) is 2.54. The summed E-state index contributed by atoms with van der Waals surface area (Å²) in [5, 5.41) is 15.3. The Morgan fingerprint density at radius 1 is 1.22 bits per heavy atom. The number of carbonyl (C=O) groups excluding carboxylic acids is 1. The minimum Gasteiger partial charge on any atom is -0.478 e. The Labute approximate surface area is 103 Å². The van der Waals surface area contributed by atoms with E-state index >= 15 is 0 Å². The molecule has 2 aromatic rings. The zero-order valence-electron chi connectivity index (χ0n) is 9.62. The number of benzene rings is 1. The van der Waals surface area contributed by atoms with E-state index in [4.69, 9.17) is 5.11 Å². The van der Waals surface area contributed by atoms with Gasteiger partial charge in [-0.1, -0.05) is 0 Å². The van der Waals surface area contributed by atoms with Crippen molar-refractivity contribution in [2.75, 3.05) is 5.32 Å². The number of carboxylic acid groups (broad SMARTS) is 1. The van der Waals surface area contributed by atoms with Gasteiger partial charge in [-0.05, 0) is 24.3 Å². The Kier molecular flexibility index (Phi) is 3.09. The number of hydrogen-bond donors (Lipinski definition) is 2. The number of carboxylic acids is 1. The fourth-order valence-corrected chi connectivity index (χ4v) is 1.45. The number of nitrogens with zero attached hydrogens (tertiary/aromatic N) is 2. The van der Waals surface area contributed by atoms with Crippen LogP contribution in [0.3, 0.4) is 0 Å². The van der Waals surface area contributed by atoms with Gasteiger partial charge in [0.05, 0.1) is 17.4 Å². The molecule has 92 valence electrons. The molecule has 1 heterocycles. The summed E-state index contributed by atoms with van der Waals surface area (Å²) in [7, 11) is 1.75. The third-order valence-corrected chi connectivity index (χ3v) is 2.36. The average molecular weight is 245 g/mol. The van der Waals surface area contributed by atoms with Gasteiger partial charge >= 0.3 is 5.97 Å². The van der Waals surface area contributed by atoms with Crippen LogP contribution in [0.25, 0.3) is 0 Å². The lowest BCUT2D eigenvalue weighted by Crippen LogP contribution is -2.11. The second-order valence-corrected chi connectivity index (χ2v) is 3.74. The van der Waals surface area contributed by atoms with Gasteiger partial charge in [0.2, 0.25) is 0 Å². The van der Waals surface area contributed by atoms with E-state index in [1.54, 1.807) is 17.9 Å². The Morgan fingerprint density at radius 2 is 1.83 bits per heavy atom. The van der Waals surface area contributed by atoms with Crippen LogP contribution in [0.15, 0.2) is 36.7 Å². The van der Waals surface area contributed by atoms with E-state index in [1.807, 2.05) is 0 Å². The van der Waals surface area contributed by atoms with Crippen LogP contribution >= 0.6 is 0 Å². The second-order valence-electron chi connectivity index (χ2n) is 3.74. The summed E-state index contributed by atoms with van der Waals surface area (Å²) in [5.74, 6) is -1.32. The molecule has 0 aliphatic rings. The number of aromatic carboxylic acids is 1. The predicted molar refractivity (Wildman–Crippen MR) is 64.6 cm³/mol. The van der Waals surface area contributed by atoms with E-state index in [9.17, 15) is 9.59 Å². The van der Waals surface area contributed by atoms with Crippen molar-refractivity contribution < 1.29 is 14.7 Å². The molecule has 0 saturated carbocycles. The lowest BCUT2D eigenvalue weighted by atomic mass is 10.1. The third-order valence-electron chi connectivity index (χ3n) is 2.36. The Morgan fingerprint density at radius 3 is 2.33 bits per heavy atom. The van der Waals surface area contributed by atoms with Crippen LogP contribution in [-0.2, 0) is 7.05 Å². The largest absolute Gasteiger partial charge is 0.478 e. The summed E-state index contributed by atoms with van der Waals surface area (Å²) >= 11 is 0. The number of nitrogens with one attached hydrogen (secondary N) is 1. The number of rotatable bonds is 3. The fraction of sp³-hybridized carbons (Fsp3) is 0.0833. The first-order chi connectivity index (χ1) is 8.56. The second kappa shape index (κ2) is 4.70. The first-order valence-corrected chi connectivity index (χ1v) is 5.19. The minimum atomic E-state index is -1.02. The standard InChI is InChI=1S/C12H11N3O3/c1-15-7-10(6-13-15)14-11(16)8-2-4-9(5-3-8)12(17)18/h2-7H,1H3,(H,14,16)(H,17,18). The highest BCUT2D eigenvalue weighted by Gasteiger charge is 2.08. The highest BCUT2D eigenvalue weighted by Crippen LogP contribution is 2.09. The average Bonchev–Trinajstić information content (AvgIpc) is 2.75. The highest BCUT2D eigenvalue weighted by molar-refractivity contribution is 6.04. The maximum atomic E-state index is 11.8. The Balaban J connectivity index is 2.11. The molecule has 0 aliphatic carbocycles. The highest BCUT2D eigenvalue weighted by atomic mass is 16.4. The van der Waals surface area contributed by atoms with Gasteiger partial charge in [0, 0.05) is 18.8 Å². The predicted octanol–water partition coefficient (Wildman–Crippen LogP) is 1.37. The van der Waals surface area contributed by atoms with Crippen molar-refractivity contribution in [1.82, 2.24) is 9.78 Å². The smallest absolute Gasteiger partial charge is 0.335 e. The van der Waals surface area contributed by atoms with Crippen molar-refractivity contribution >= 4 is 17.6 Å². The van der Waals surface area contributed by atoms with Crippen LogP contribution in [0.1, 0.15) is 20.7 Å². The quantitative estimate of drug-likeness (QED) is 0.855. The van der Waals surface area contributed by atoms with E-state index in [2.05, 4.69) is 10.4 Å². The normalized spacial score (nSPS) is 10.1. The van der Waals surface area contributed by atoms with Gasteiger partial charge in [0.1, 0.15) is 0 Å². The molecule has 0 spiro atoms. The van der Waals surface area contributed by atoms with Crippen LogP contribution in [0, 0.1) is 0 Å². The van der Waals surface area contributed by atoms with Gasteiger partial charge in [-0.15, -0.1) is 0 Å². The van der Waals surface area contributed by atoms with Crippen molar-refractivity contribution in [3.05, 3.63) is 47.8 Å². The first-order valence-electron chi connectivity index (χ1n) is 5.19. The summed E-state index contributed by atoms with van der Waals surface area (Å²) in [4.78, 5) is 22.5. The number of amides is 1. The molecule has 0 atom stereocenters. The molecular weight excluding hydrogens is 234 g/mol. The summed E-state index contributed by atoms with van der Waals surface area (Å²) in [6.07, 6.45) is 3.20. The van der Waals surface area contributed by atoms with Crippen LogP contribution in [0.4, 0.5) is 5.69 Å². The van der Waals surface area contributed by atoms with Crippen molar-refractivity contribution in [2.45, 2.75) is 0 Å². The number of hydrogen-bond acceptors (Lipinski definition) is 3. The lowest BCUT2D eigenvalue weighted by Gasteiger charge is -2.02. The molecule has 2 N–H and O–H groups in total. The van der Waals surface area contributed by atoms with Crippen molar-refractivity contribution in [3.63, 3.8) is 0 Å². The van der Waals surface area contributed by atoms with Gasteiger partial charge in [0.25, 0.3) is 5.91 Å². The summed E-state index contributed by atoms with van der Waals surface area (Å²) in [6.45, 7) is 0. The summed E-state index contributed by atoms with van der Waals surface area (Å²) in [6, 6.07) is 5.71. The number of anilines is 1. The maximum Gasteiger partial charge on any atom is 0.335 e. The molecule has 0 radical (unpaired) electrons. The van der Waals surface area contributed by atoms with Crippen LogP contribution in [0.2, 0.25) is 0 Å². The van der Waals surface area contributed by atoms with E-state index < -0.39 is 5.97 Å². The van der Waals surface area contributed by atoms with Gasteiger partial charge in [-0.25, -0.2) is 4.79 Å². The van der Waals surface area contributed by atoms with E-state index in [0.29, 0.717) is 11.3 Å². The number of aryl methyl sites for hydroxylation is 1. The molecule has 18 heavy (non-hydrogen) atoms. The topological polar surface area (TPSA) is 84.2 Å². The van der Waals surface area contributed by atoms with Gasteiger partial charge in [0.15, 0.2) is 0 Å². The molecule has 1 amide bonds. The minimum absolute atomic E-state index is 0.146. The lowest BCUT2D eigenvalue weighted by molar-refractivity contribution is 0.0696. The molecule has 0 unspecified atom stereocenters. The van der Waals surface area contributed by atoms with Gasteiger partial charge in [-0.3, -0.25) is 9.48 Å². The monoisotopic (exact) mass is 245 g/mol. The molecule has 6 heteroatoms. The molecular formula is C12H11N3O3. The van der Waals surface area contributed by atoms with Crippen molar-refractivity contribution in [1.29, 1.82) is 0 Å². The molecule has 0 bridgehead atoms. The van der Waals surface area contributed by atoms with Gasteiger partial charge < -0.3 is 10.4 Å². The molecule has 0 aliphatic heterocycles. The number of aromatic nitrogens is 2. The molecule has 1 aromatic carbocycles. The molecule has 2 rings (SSSR count).